The van der Waals surface area contributed by atoms with Gasteiger partial charge >= 0.3 is 0 Å². The van der Waals surface area contributed by atoms with E-state index in [-0.39, 0.29) is 5.91 Å². The Balaban J connectivity index is 1.49. The van der Waals surface area contributed by atoms with Crippen molar-refractivity contribution in [1.29, 1.82) is 0 Å². The Kier molecular flexibility index (Phi) is 5.89. The van der Waals surface area contributed by atoms with Crippen LogP contribution in [0.2, 0.25) is 5.02 Å². The normalized spacial score (nSPS) is 15.8. The maximum atomic E-state index is 12.3. The lowest BCUT2D eigenvalue weighted by molar-refractivity contribution is 0.0910. The minimum atomic E-state index is -0.123. The number of carbonyl (C=O) groups is 1. The molecule has 1 N–H and O–H groups in total. The van der Waals surface area contributed by atoms with Crippen LogP contribution in [0.4, 0.5) is 0 Å². The Bertz CT molecular complexity index is 716. The molecule has 6 heteroatoms. The summed E-state index contributed by atoms with van der Waals surface area (Å²) < 4.78 is 5.16. The van der Waals surface area contributed by atoms with Gasteiger partial charge in [0.05, 0.1) is 18.8 Å². The number of piperidine rings is 1. The van der Waals surface area contributed by atoms with Crippen LogP contribution in [0.5, 0.6) is 5.75 Å². The average Bonchev–Trinajstić information content (AvgIpc) is 2.67. The summed E-state index contributed by atoms with van der Waals surface area (Å²) in [5.41, 5.74) is 1.71. The Morgan fingerprint density at radius 2 is 2.12 bits per heavy atom. The molecule has 2 aromatic rings. The van der Waals surface area contributed by atoms with Gasteiger partial charge in [0.2, 0.25) is 0 Å². The Labute approximate surface area is 153 Å². The Morgan fingerprint density at radius 1 is 1.32 bits per heavy atom. The number of pyridine rings is 1. The minimum absolute atomic E-state index is 0.123. The molecule has 0 atom stereocenters. The predicted octanol–water partition coefficient (Wildman–Crippen LogP) is 3.31. The summed E-state index contributed by atoms with van der Waals surface area (Å²) in [6.07, 6.45) is 3.96. The molecule has 1 aliphatic rings. The number of likely N-dealkylation sites (tertiary alicyclic amines) is 1. The zero-order chi connectivity index (χ0) is 17.6. The molecule has 0 spiro atoms. The third-order valence-corrected chi connectivity index (χ3v) is 4.88. The topological polar surface area (TPSA) is 54.5 Å². The number of carbonyl (C=O) groups excluding carboxylic acids is 1. The van der Waals surface area contributed by atoms with Crippen LogP contribution in [-0.2, 0) is 0 Å². The lowest BCUT2D eigenvalue weighted by Gasteiger charge is -2.31. The van der Waals surface area contributed by atoms with Crippen LogP contribution in [-0.4, -0.2) is 42.7 Å². The van der Waals surface area contributed by atoms with Gasteiger partial charge in [-0.25, -0.2) is 0 Å². The van der Waals surface area contributed by atoms with E-state index < -0.39 is 0 Å². The highest BCUT2D eigenvalue weighted by molar-refractivity contribution is 6.32. The summed E-state index contributed by atoms with van der Waals surface area (Å²) in [6, 6.07) is 11.1. The number of hydrogen-bond donors (Lipinski definition) is 1. The summed E-state index contributed by atoms with van der Waals surface area (Å²) in [7, 11) is 1.54. The number of benzene rings is 1. The van der Waals surface area contributed by atoms with Gasteiger partial charge in [0.15, 0.2) is 0 Å². The monoisotopic (exact) mass is 359 g/mol. The molecule has 1 saturated heterocycles. The summed E-state index contributed by atoms with van der Waals surface area (Å²) >= 11 is 5.99. The number of amides is 1. The minimum Gasteiger partial charge on any atom is -0.495 e. The number of rotatable bonds is 5. The fraction of sp³-hybridized carbons (Fsp3) is 0.368. The van der Waals surface area contributed by atoms with Crippen molar-refractivity contribution in [3.8, 4) is 5.75 Å². The van der Waals surface area contributed by atoms with Crippen molar-refractivity contribution in [3.05, 3.63) is 58.9 Å². The Hall–Kier alpha value is -2.11. The highest BCUT2D eigenvalue weighted by Crippen LogP contribution is 2.26. The van der Waals surface area contributed by atoms with Crippen molar-refractivity contribution in [2.75, 3.05) is 26.9 Å². The number of halogens is 1. The van der Waals surface area contributed by atoms with Crippen molar-refractivity contribution >= 4 is 17.5 Å². The standard InChI is InChI=1S/C19H22ClN3O2/c1-25-18-12-15(5-6-16(18)20)19(24)22-13-23-10-7-14(8-11-23)17-4-2-3-9-21-17/h2-6,9,12,14H,7-8,10-11,13H2,1H3,(H,22,24). The summed E-state index contributed by atoms with van der Waals surface area (Å²) in [5.74, 6) is 0.890. The molecule has 25 heavy (non-hydrogen) atoms. The van der Waals surface area contributed by atoms with Crippen LogP contribution in [0.15, 0.2) is 42.6 Å². The number of nitrogens with one attached hydrogen (secondary N) is 1. The molecule has 1 amide bonds. The molecule has 132 valence electrons. The van der Waals surface area contributed by atoms with Gasteiger partial charge in [0.25, 0.3) is 5.91 Å². The Morgan fingerprint density at radius 3 is 2.80 bits per heavy atom. The molecule has 3 rings (SSSR count). The maximum absolute atomic E-state index is 12.3. The number of methoxy groups -OCH3 is 1. The van der Waals surface area contributed by atoms with Crippen molar-refractivity contribution in [2.24, 2.45) is 0 Å². The lowest BCUT2D eigenvalue weighted by Crippen LogP contribution is -2.41. The zero-order valence-electron chi connectivity index (χ0n) is 14.2. The second-order valence-electron chi connectivity index (χ2n) is 6.16. The molecule has 0 unspecified atom stereocenters. The van der Waals surface area contributed by atoms with E-state index >= 15 is 0 Å². The van der Waals surface area contributed by atoms with Crippen LogP contribution >= 0.6 is 11.6 Å². The number of aromatic nitrogens is 1. The molecule has 1 aromatic heterocycles. The van der Waals surface area contributed by atoms with Crippen molar-refractivity contribution in [3.63, 3.8) is 0 Å². The highest BCUT2D eigenvalue weighted by atomic mass is 35.5. The van der Waals surface area contributed by atoms with Gasteiger partial charge < -0.3 is 10.1 Å². The molecule has 1 aromatic carbocycles. The molecule has 0 saturated carbocycles. The first-order valence-electron chi connectivity index (χ1n) is 8.42. The molecule has 0 radical (unpaired) electrons. The van der Waals surface area contributed by atoms with Crippen molar-refractivity contribution < 1.29 is 9.53 Å². The van der Waals surface area contributed by atoms with E-state index in [2.05, 4.69) is 21.3 Å². The van der Waals surface area contributed by atoms with Crippen LogP contribution in [0, 0.1) is 0 Å². The first-order valence-corrected chi connectivity index (χ1v) is 8.80. The predicted molar refractivity (Wildman–Crippen MR) is 98.1 cm³/mol. The van der Waals surface area contributed by atoms with Crippen LogP contribution in [0.25, 0.3) is 0 Å². The first kappa shape index (κ1) is 17.7. The quantitative estimate of drug-likeness (QED) is 0.889. The number of hydrogen-bond acceptors (Lipinski definition) is 4. The van der Waals surface area contributed by atoms with Gasteiger partial charge in [-0.3, -0.25) is 14.7 Å². The van der Waals surface area contributed by atoms with Crippen LogP contribution in [0.1, 0.15) is 34.8 Å². The molecule has 2 heterocycles. The number of ether oxygens (including phenoxy) is 1. The fourth-order valence-electron chi connectivity index (χ4n) is 3.09. The molecular weight excluding hydrogens is 338 g/mol. The van der Waals surface area contributed by atoms with E-state index in [9.17, 15) is 4.79 Å². The smallest absolute Gasteiger partial charge is 0.252 e. The maximum Gasteiger partial charge on any atom is 0.252 e. The van der Waals surface area contributed by atoms with Gasteiger partial charge in [0.1, 0.15) is 5.75 Å². The summed E-state index contributed by atoms with van der Waals surface area (Å²) in [4.78, 5) is 19.0. The average molecular weight is 360 g/mol. The van der Waals surface area contributed by atoms with E-state index in [0.29, 0.717) is 28.9 Å². The molecule has 0 aliphatic carbocycles. The summed E-state index contributed by atoms with van der Waals surface area (Å²) in [6.45, 7) is 2.44. The summed E-state index contributed by atoms with van der Waals surface area (Å²) in [5, 5.41) is 3.46. The molecule has 5 nitrogen and oxygen atoms in total. The first-order chi connectivity index (χ1) is 12.2. The van der Waals surface area contributed by atoms with Crippen LogP contribution < -0.4 is 10.1 Å². The van der Waals surface area contributed by atoms with E-state index in [1.807, 2.05) is 18.3 Å². The van der Waals surface area contributed by atoms with Gasteiger partial charge in [0, 0.05) is 36.5 Å². The lowest BCUT2D eigenvalue weighted by atomic mass is 9.93. The zero-order valence-corrected chi connectivity index (χ0v) is 15.0. The molecule has 0 bridgehead atoms. The molecule has 1 aliphatic heterocycles. The van der Waals surface area contributed by atoms with Crippen molar-refractivity contribution in [2.45, 2.75) is 18.8 Å². The van der Waals surface area contributed by atoms with Gasteiger partial charge in [-0.05, 0) is 43.2 Å². The molecule has 1 fully saturated rings. The van der Waals surface area contributed by atoms with Gasteiger partial charge in [-0.2, -0.15) is 0 Å². The van der Waals surface area contributed by atoms with Gasteiger partial charge in [-0.1, -0.05) is 17.7 Å². The van der Waals surface area contributed by atoms with E-state index in [4.69, 9.17) is 16.3 Å². The van der Waals surface area contributed by atoms with E-state index in [1.54, 1.807) is 18.2 Å². The van der Waals surface area contributed by atoms with Gasteiger partial charge in [-0.15, -0.1) is 0 Å². The molecular formula is C19H22ClN3O2. The second-order valence-corrected chi connectivity index (χ2v) is 6.57. The largest absolute Gasteiger partial charge is 0.495 e. The van der Waals surface area contributed by atoms with Crippen LogP contribution in [0.3, 0.4) is 0 Å². The SMILES string of the molecule is COc1cc(C(=O)NCN2CCC(c3ccccn3)CC2)ccc1Cl. The van der Waals surface area contributed by atoms with E-state index in [0.717, 1.165) is 25.9 Å². The third kappa shape index (κ3) is 4.50. The highest BCUT2D eigenvalue weighted by Gasteiger charge is 2.21. The number of nitrogens with zero attached hydrogens (tertiary/aromatic N) is 2. The second kappa shape index (κ2) is 8.32. The third-order valence-electron chi connectivity index (χ3n) is 4.57. The fourth-order valence-corrected chi connectivity index (χ4v) is 3.29. The van der Waals surface area contributed by atoms with Crippen molar-refractivity contribution in [1.82, 2.24) is 15.2 Å². The van der Waals surface area contributed by atoms with E-state index in [1.165, 1.54) is 12.8 Å².